The second kappa shape index (κ2) is 8.08. The Morgan fingerprint density at radius 2 is 1.42 bits per heavy atom. The molecule has 4 nitrogen and oxygen atoms in total. The topological polar surface area (TPSA) is 49.4 Å². The molecule has 2 amide bonds. The van der Waals surface area contributed by atoms with E-state index in [1.807, 2.05) is 4.90 Å². The second-order valence-corrected chi connectivity index (χ2v) is 6.37. The summed E-state index contributed by atoms with van der Waals surface area (Å²) >= 11 is 0. The van der Waals surface area contributed by atoms with Crippen molar-refractivity contribution in [1.29, 1.82) is 0 Å². The van der Waals surface area contributed by atoms with E-state index in [2.05, 4.69) is 5.32 Å². The molecule has 6 heteroatoms. The van der Waals surface area contributed by atoms with Crippen LogP contribution in [0, 0.1) is 11.6 Å². The third-order valence-corrected chi connectivity index (χ3v) is 4.46. The van der Waals surface area contributed by atoms with Gasteiger partial charge < -0.3 is 10.2 Å². The Balaban J connectivity index is 1.67. The summed E-state index contributed by atoms with van der Waals surface area (Å²) in [6.45, 7) is 1.52. The SMILES string of the molecule is O=C(Nc1ccc(F)c(F)c1)c1ccc(C(=O)N2CCCCCC2)cc1. The minimum Gasteiger partial charge on any atom is -0.339 e. The van der Waals surface area contributed by atoms with Crippen LogP contribution in [0.5, 0.6) is 0 Å². The Bertz CT molecular complexity index is 798. The third kappa shape index (κ3) is 4.25. The van der Waals surface area contributed by atoms with Crippen LogP contribution < -0.4 is 5.32 Å². The molecule has 1 N–H and O–H groups in total. The number of hydrogen-bond acceptors (Lipinski definition) is 2. The number of carbonyl (C=O) groups excluding carboxylic acids is 2. The van der Waals surface area contributed by atoms with Crippen LogP contribution in [0.25, 0.3) is 0 Å². The normalized spacial score (nSPS) is 14.6. The number of amides is 2. The number of benzene rings is 2. The summed E-state index contributed by atoms with van der Waals surface area (Å²) in [5.74, 6) is -2.48. The van der Waals surface area contributed by atoms with Crippen LogP contribution >= 0.6 is 0 Å². The summed E-state index contributed by atoms with van der Waals surface area (Å²) in [6, 6.07) is 9.51. The lowest BCUT2D eigenvalue weighted by atomic mass is 10.1. The molecule has 0 spiro atoms. The van der Waals surface area contributed by atoms with Crippen LogP contribution in [0.15, 0.2) is 42.5 Å². The molecule has 0 aromatic heterocycles. The minimum absolute atomic E-state index is 0.0283. The summed E-state index contributed by atoms with van der Waals surface area (Å²) in [6.07, 6.45) is 4.32. The van der Waals surface area contributed by atoms with Crippen LogP contribution in [0.1, 0.15) is 46.4 Å². The average Bonchev–Trinajstić information content (AvgIpc) is 2.94. The van der Waals surface area contributed by atoms with Gasteiger partial charge in [-0.05, 0) is 49.2 Å². The van der Waals surface area contributed by atoms with Crippen molar-refractivity contribution in [3.05, 3.63) is 65.2 Å². The molecular weight excluding hydrogens is 338 g/mol. The maximum absolute atomic E-state index is 13.2. The largest absolute Gasteiger partial charge is 0.339 e. The molecule has 0 unspecified atom stereocenters. The third-order valence-electron chi connectivity index (χ3n) is 4.46. The fourth-order valence-corrected chi connectivity index (χ4v) is 3.00. The highest BCUT2D eigenvalue weighted by Crippen LogP contribution is 2.16. The highest BCUT2D eigenvalue weighted by atomic mass is 19.2. The zero-order valence-electron chi connectivity index (χ0n) is 14.3. The van der Waals surface area contributed by atoms with Crippen molar-refractivity contribution in [2.24, 2.45) is 0 Å². The van der Waals surface area contributed by atoms with Crippen molar-refractivity contribution in [3.8, 4) is 0 Å². The highest BCUT2D eigenvalue weighted by Gasteiger charge is 2.17. The summed E-state index contributed by atoms with van der Waals surface area (Å²) in [7, 11) is 0. The smallest absolute Gasteiger partial charge is 0.255 e. The van der Waals surface area contributed by atoms with Gasteiger partial charge in [0.15, 0.2) is 11.6 Å². The van der Waals surface area contributed by atoms with E-state index in [0.717, 1.165) is 50.9 Å². The number of hydrogen-bond donors (Lipinski definition) is 1. The first-order valence-electron chi connectivity index (χ1n) is 8.70. The van der Waals surface area contributed by atoms with Gasteiger partial charge in [-0.15, -0.1) is 0 Å². The highest BCUT2D eigenvalue weighted by molar-refractivity contribution is 6.05. The Hall–Kier alpha value is -2.76. The van der Waals surface area contributed by atoms with Gasteiger partial charge in [0, 0.05) is 36.0 Å². The zero-order valence-corrected chi connectivity index (χ0v) is 14.3. The molecule has 1 heterocycles. The van der Waals surface area contributed by atoms with Crippen molar-refractivity contribution in [2.45, 2.75) is 25.7 Å². The van der Waals surface area contributed by atoms with Crippen molar-refractivity contribution >= 4 is 17.5 Å². The van der Waals surface area contributed by atoms with Gasteiger partial charge in [-0.2, -0.15) is 0 Å². The molecule has 0 atom stereocenters. The van der Waals surface area contributed by atoms with Gasteiger partial charge in [0.2, 0.25) is 0 Å². The van der Waals surface area contributed by atoms with Gasteiger partial charge >= 0.3 is 0 Å². The van der Waals surface area contributed by atoms with Gasteiger partial charge in [-0.3, -0.25) is 9.59 Å². The number of nitrogens with one attached hydrogen (secondary N) is 1. The Morgan fingerprint density at radius 1 is 0.808 bits per heavy atom. The molecule has 0 aliphatic carbocycles. The molecule has 1 saturated heterocycles. The van der Waals surface area contributed by atoms with E-state index in [4.69, 9.17) is 0 Å². The van der Waals surface area contributed by atoms with E-state index in [1.54, 1.807) is 24.3 Å². The number of likely N-dealkylation sites (tertiary alicyclic amines) is 1. The summed E-state index contributed by atoms with van der Waals surface area (Å²) in [5.41, 5.74) is 1.04. The molecule has 26 heavy (non-hydrogen) atoms. The molecule has 1 fully saturated rings. The summed E-state index contributed by atoms with van der Waals surface area (Å²) in [5, 5.41) is 2.51. The summed E-state index contributed by atoms with van der Waals surface area (Å²) < 4.78 is 26.1. The Labute approximate surface area is 150 Å². The van der Waals surface area contributed by atoms with Gasteiger partial charge in [-0.25, -0.2) is 8.78 Å². The van der Waals surface area contributed by atoms with E-state index in [-0.39, 0.29) is 11.6 Å². The van der Waals surface area contributed by atoms with Crippen molar-refractivity contribution in [1.82, 2.24) is 4.90 Å². The molecule has 3 rings (SSSR count). The van der Waals surface area contributed by atoms with E-state index >= 15 is 0 Å². The fraction of sp³-hybridized carbons (Fsp3) is 0.300. The van der Waals surface area contributed by atoms with Gasteiger partial charge in [-0.1, -0.05) is 12.8 Å². The molecule has 1 aliphatic heterocycles. The van der Waals surface area contributed by atoms with Crippen molar-refractivity contribution in [3.63, 3.8) is 0 Å². The number of nitrogens with zero attached hydrogens (tertiary/aromatic N) is 1. The lowest BCUT2D eigenvalue weighted by Crippen LogP contribution is -2.31. The van der Waals surface area contributed by atoms with E-state index in [0.29, 0.717) is 11.1 Å². The maximum Gasteiger partial charge on any atom is 0.255 e. The Morgan fingerprint density at radius 3 is 2.04 bits per heavy atom. The molecule has 2 aromatic rings. The minimum atomic E-state index is -1.03. The predicted octanol–water partition coefficient (Wildman–Crippen LogP) is 4.23. The van der Waals surface area contributed by atoms with Gasteiger partial charge in [0.05, 0.1) is 0 Å². The molecule has 0 bridgehead atoms. The summed E-state index contributed by atoms with van der Waals surface area (Å²) in [4.78, 5) is 26.6. The van der Waals surface area contributed by atoms with Crippen LogP contribution in [-0.4, -0.2) is 29.8 Å². The molecular formula is C20H20F2N2O2. The molecule has 1 aliphatic rings. The van der Waals surface area contributed by atoms with Crippen LogP contribution in [0.2, 0.25) is 0 Å². The Kier molecular flexibility index (Phi) is 5.61. The van der Waals surface area contributed by atoms with E-state index < -0.39 is 17.5 Å². The quantitative estimate of drug-likeness (QED) is 0.892. The average molecular weight is 358 g/mol. The van der Waals surface area contributed by atoms with E-state index in [9.17, 15) is 18.4 Å². The standard InChI is InChI=1S/C20H20F2N2O2/c21-17-10-9-16(13-18(17)22)23-19(25)14-5-7-15(8-6-14)20(26)24-11-3-1-2-4-12-24/h5-10,13H,1-4,11-12H2,(H,23,25). The maximum atomic E-state index is 13.2. The monoisotopic (exact) mass is 358 g/mol. The van der Waals surface area contributed by atoms with Crippen molar-refractivity contribution in [2.75, 3.05) is 18.4 Å². The predicted molar refractivity (Wildman–Crippen MR) is 95.1 cm³/mol. The first kappa shape index (κ1) is 18.0. The number of anilines is 1. The lowest BCUT2D eigenvalue weighted by Gasteiger charge is -2.20. The molecule has 0 saturated carbocycles. The molecule has 2 aromatic carbocycles. The second-order valence-electron chi connectivity index (χ2n) is 6.37. The molecule has 0 radical (unpaired) electrons. The van der Waals surface area contributed by atoms with Crippen LogP contribution in [-0.2, 0) is 0 Å². The lowest BCUT2D eigenvalue weighted by molar-refractivity contribution is 0.0761. The van der Waals surface area contributed by atoms with Gasteiger partial charge in [0.25, 0.3) is 11.8 Å². The number of rotatable bonds is 3. The zero-order chi connectivity index (χ0) is 18.5. The number of halogens is 2. The number of carbonyl (C=O) groups is 2. The fourth-order valence-electron chi connectivity index (χ4n) is 3.00. The first-order valence-corrected chi connectivity index (χ1v) is 8.70. The van der Waals surface area contributed by atoms with E-state index in [1.165, 1.54) is 6.07 Å². The first-order chi connectivity index (χ1) is 12.5. The molecule has 136 valence electrons. The van der Waals surface area contributed by atoms with Gasteiger partial charge in [0.1, 0.15) is 0 Å². The van der Waals surface area contributed by atoms with Crippen molar-refractivity contribution < 1.29 is 18.4 Å². The van der Waals surface area contributed by atoms with Crippen LogP contribution in [0.4, 0.5) is 14.5 Å². The van der Waals surface area contributed by atoms with Crippen LogP contribution in [0.3, 0.4) is 0 Å².